The zero-order valence-corrected chi connectivity index (χ0v) is 20.6. The maximum absolute atomic E-state index is 12.9. The number of phenols is 2. The number of aliphatic hydroxyl groups is 3. The molecule has 4 rings (SSSR count). The Labute approximate surface area is 217 Å². The number of aliphatic hydroxyl groups excluding tert-OH is 3. The highest BCUT2D eigenvalue weighted by Crippen LogP contribution is 2.37. The molecule has 13 nitrogen and oxygen atoms in total. The van der Waals surface area contributed by atoms with Crippen LogP contribution in [-0.4, -0.2) is 94.8 Å². The fourth-order valence-electron chi connectivity index (χ4n) is 4.50. The van der Waals surface area contributed by atoms with Crippen LogP contribution in [0.15, 0.2) is 41.7 Å². The van der Waals surface area contributed by atoms with Gasteiger partial charge in [0, 0.05) is 11.5 Å². The van der Waals surface area contributed by atoms with E-state index in [1.165, 1.54) is 25.3 Å². The summed E-state index contributed by atoms with van der Waals surface area (Å²) in [5, 5.41) is 51.1. The first-order valence-electron chi connectivity index (χ1n) is 11.9. The molecule has 0 saturated carbocycles. The minimum Gasteiger partial charge on any atom is -0.504 e. The summed E-state index contributed by atoms with van der Waals surface area (Å²) in [6.45, 7) is 0.954. The van der Waals surface area contributed by atoms with Gasteiger partial charge in [0.25, 0.3) is 0 Å². The summed E-state index contributed by atoms with van der Waals surface area (Å²) in [5.74, 6) is -3.13. The Bertz CT molecular complexity index is 1100. The number of benzene rings is 1. The van der Waals surface area contributed by atoms with Crippen LogP contribution in [0, 0.1) is 5.92 Å². The quantitative estimate of drug-likeness (QED) is 0.191. The standard InChI is InChI=1S/C25H30O13/c1-3-12-13-7-19(28)35-9-17(11-4-5-15(26)16(27)6-11)34-10-18-20(29)21(30)22(31)25(37-18)38-24(12)36-8-14(13)23(32)33-2/h3-6,8,13,17-18,20-22,24-27,29-31H,7,9-10H2,1-2H3/b12-3+/t13-,17-,18+,20+,21-,22+,24-,25-/m0/s1. The number of rotatable bonds is 2. The van der Waals surface area contributed by atoms with Gasteiger partial charge in [-0.1, -0.05) is 12.1 Å². The third kappa shape index (κ3) is 5.62. The molecule has 4 bridgehead atoms. The van der Waals surface area contributed by atoms with Crippen LogP contribution in [0.3, 0.4) is 0 Å². The van der Waals surface area contributed by atoms with Gasteiger partial charge in [-0.15, -0.1) is 0 Å². The average Bonchev–Trinajstić information content (AvgIpc) is 2.90. The number of esters is 2. The topological polar surface area (TPSA) is 191 Å². The third-order valence-corrected chi connectivity index (χ3v) is 6.65. The fourth-order valence-corrected chi connectivity index (χ4v) is 4.50. The van der Waals surface area contributed by atoms with Gasteiger partial charge in [-0.3, -0.25) is 4.79 Å². The molecular formula is C25H30O13. The van der Waals surface area contributed by atoms with E-state index in [-0.39, 0.29) is 31.0 Å². The van der Waals surface area contributed by atoms with Crippen molar-refractivity contribution in [3.05, 3.63) is 47.2 Å². The van der Waals surface area contributed by atoms with Crippen molar-refractivity contribution < 1.29 is 63.5 Å². The van der Waals surface area contributed by atoms with Crippen LogP contribution in [0.2, 0.25) is 0 Å². The zero-order chi connectivity index (χ0) is 27.6. The van der Waals surface area contributed by atoms with Crippen LogP contribution in [0.25, 0.3) is 0 Å². The first kappa shape index (κ1) is 27.8. The molecule has 2 fully saturated rings. The van der Waals surface area contributed by atoms with E-state index < -0.39 is 66.7 Å². The Balaban J connectivity index is 1.70. The number of cyclic esters (lactones) is 1. The molecular weight excluding hydrogens is 508 g/mol. The minimum absolute atomic E-state index is 0.0270. The van der Waals surface area contributed by atoms with Crippen molar-refractivity contribution >= 4 is 11.9 Å². The molecule has 0 aromatic heterocycles. The normalized spacial score (nSPS) is 35.3. The number of allylic oxidation sites excluding steroid dienone is 1. The summed E-state index contributed by atoms with van der Waals surface area (Å²) in [7, 11) is 1.18. The second-order valence-electron chi connectivity index (χ2n) is 8.98. The average molecular weight is 539 g/mol. The van der Waals surface area contributed by atoms with Crippen molar-refractivity contribution in [3.63, 3.8) is 0 Å². The van der Waals surface area contributed by atoms with E-state index in [2.05, 4.69) is 0 Å². The largest absolute Gasteiger partial charge is 0.504 e. The van der Waals surface area contributed by atoms with Crippen LogP contribution < -0.4 is 0 Å². The predicted octanol–water partition coefficient (Wildman–Crippen LogP) is -0.0977. The Hall–Kier alpha value is -3.20. The van der Waals surface area contributed by atoms with Crippen LogP contribution in [0.5, 0.6) is 11.5 Å². The number of phenolic OH excluding ortho intramolecular Hbond substituents is 2. The number of carbonyl (C=O) groups is 2. The lowest BCUT2D eigenvalue weighted by Gasteiger charge is -2.42. The highest BCUT2D eigenvalue weighted by Gasteiger charge is 2.47. The van der Waals surface area contributed by atoms with E-state index in [1.54, 1.807) is 13.0 Å². The van der Waals surface area contributed by atoms with Crippen LogP contribution in [-0.2, 0) is 38.0 Å². The summed E-state index contributed by atoms with van der Waals surface area (Å²) in [6.07, 6.45) is -7.44. The first-order chi connectivity index (χ1) is 18.1. The summed E-state index contributed by atoms with van der Waals surface area (Å²) in [5.41, 5.74) is 0.694. The second kappa shape index (κ2) is 11.7. The number of carbonyl (C=O) groups excluding carboxylic acids is 2. The van der Waals surface area contributed by atoms with Gasteiger partial charge in [0.05, 0.1) is 32.0 Å². The molecule has 8 atom stereocenters. The molecule has 3 heterocycles. The Morgan fingerprint density at radius 3 is 2.50 bits per heavy atom. The molecule has 0 amide bonds. The van der Waals surface area contributed by atoms with Gasteiger partial charge >= 0.3 is 11.9 Å². The number of hydrogen-bond acceptors (Lipinski definition) is 13. The monoisotopic (exact) mass is 538 g/mol. The molecule has 0 spiro atoms. The van der Waals surface area contributed by atoms with E-state index >= 15 is 0 Å². The maximum atomic E-state index is 12.9. The lowest BCUT2D eigenvalue weighted by Crippen LogP contribution is -2.60. The molecule has 38 heavy (non-hydrogen) atoms. The Morgan fingerprint density at radius 2 is 1.82 bits per heavy atom. The number of methoxy groups -OCH3 is 1. The van der Waals surface area contributed by atoms with Crippen molar-refractivity contribution in [1.29, 1.82) is 0 Å². The van der Waals surface area contributed by atoms with Gasteiger partial charge in [0.15, 0.2) is 17.8 Å². The molecule has 3 aliphatic heterocycles. The molecule has 3 aliphatic rings. The highest BCUT2D eigenvalue weighted by atomic mass is 16.8. The fraction of sp³-hybridized carbons (Fsp3) is 0.520. The second-order valence-corrected chi connectivity index (χ2v) is 8.98. The summed E-state index contributed by atoms with van der Waals surface area (Å²) >= 11 is 0. The van der Waals surface area contributed by atoms with Gasteiger partial charge in [0.1, 0.15) is 37.1 Å². The first-order valence-corrected chi connectivity index (χ1v) is 11.9. The van der Waals surface area contributed by atoms with Gasteiger partial charge in [-0.05, 0) is 24.6 Å². The molecule has 208 valence electrons. The molecule has 1 aromatic rings. The number of fused-ring (bicyclic) bond motifs is 4. The molecule has 2 saturated heterocycles. The van der Waals surface area contributed by atoms with Crippen molar-refractivity contribution in [2.24, 2.45) is 5.92 Å². The van der Waals surface area contributed by atoms with E-state index in [9.17, 15) is 35.1 Å². The van der Waals surface area contributed by atoms with Gasteiger partial charge in [-0.25, -0.2) is 4.79 Å². The van der Waals surface area contributed by atoms with E-state index in [0.717, 1.165) is 6.26 Å². The molecule has 0 radical (unpaired) electrons. The maximum Gasteiger partial charge on any atom is 0.337 e. The van der Waals surface area contributed by atoms with E-state index in [4.69, 9.17) is 28.4 Å². The number of aromatic hydroxyl groups is 2. The zero-order valence-electron chi connectivity index (χ0n) is 20.6. The van der Waals surface area contributed by atoms with Gasteiger partial charge in [0.2, 0.25) is 6.29 Å². The van der Waals surface area contributed by atoms with Crippen LogP contribution >= 0.6 is 0 Å². The van der Waals surface area contributed by atoms with E-state index in [1.807, 2.05) is 0 Å². The Kier molecular flexibility index (Phi) is 8.55. The van der Waals surface area contributed by atoms with Crippen molar-refractivity contribution in [2.45, 2.75) is 56.4 Å². The van der Waals surface area contributed by atoms with Crippen molar-refractivity contribution in [3.8, 4) is 11.5 Å². The SMILES string of the molecule is C/C=C1/[C@H]2OC=C(C(=O)OC)[C@H]1CC(=O)OC[C@@H](c1ccc(O)c(O)c1)OC[C@H]1O[C@@H](O2)[C@H](O)[C@@H](O)[C@@H]1O. The van der Waals surface area contributed by atoms with Gasteiger partial charge < -0.3 is 54.0 Å². The van der Waals surface area contributed by atoms with Crippen LogP contribution in [0.4, 0.5) is 0 Å². The number of hydrogen-bond donors (Lipinski definition) is 5. The molecule has 1 aromatic carbocycles. The molecule has 5 N–H and O–H groups in total. The lowest BCUT2D eigenvalue weighted by atomic mass is 9.86. The smallest absolute Gasteiger partial charge is 0.337 e. The summed E-state index contributed by atoms with van der Waals surface area (Å²) < 4.78 is 33.2. The Morgan fingerprint density at radius 1 is 1.05 bits per heavy atom. The molecule has 13 heteroatoms. The number of ether oxygens (including phenoxy) is 6. The lowest BCUT2D eigenvalue weighted by molar-refractivity contribution is -0.330. The molecule has 0 aliphatic carbocycles. The van der Waals surface area contributed by atoms with Crippen LogP contribution in [0.1, 0.15) is 25.0 Å². The summed E-state index contributed by atoms with van der Waals surface area (Å²) in [6, 6.07) is 3.89. The van der Waals surface area contributed by atoms with Gasteiger partial charge in [-0.2, -0.15) is 0 Å². The minimum atomic E-state index is -1.67. The predicted molar refractivity (Wildman–Crippen MR) is 124 cm³/mol. The third-order valence-electron chi connectivity index (χ3n) is 6.65. The van der Waals surface area contributed by atoms with Crippen molar-refractivity contribution in [1.82, 2.24) is 0 Å². The highest BCUT2D eigenvalue weighted by molar-refractivity contribution is 5.90. The van der Waals surface area contributed by atoms with Crippen molar-refractivity contribution in [2.75, 3.05) is 20.3 Å². The van der Waals surface area contributed by atoms with E-state index in [0.29, 0.717) is 11.1 Å². The molecule has 0 unspecified atom stereocenters. The summed E-state index contributed by atoms with van der Waals surface area (Å²) in [4.78, 5) is 25.3.